The average Bonchev–Trinajstić information content (AvgIpc) is 2.84. The van der Waals surface area contributed by atoms with Crippen LogP contribution in [0.3, 0.4) is 0 Å². The largest absolute Gasteiger partial charge is 0.396 e. The van der Waals surface area contributed by atoms with Crippen LogP contribution in [-0.2, 0) is 0 Å². The Balaban J connectivity index is 1.88. The normalized spacial score (nSPS) is 15.7. The highest BCUT2D eigenvalue weighted by molar-refractivity contribution is 5.72. The molecule has 90 valence electrons. The van der Waals surface area contributed by atoms with Crippen LogP contribution >= 0.6 is 0 Å². The predicted molar refractivity (Wildman–Crippen MR) is 69.7 cm³/mol. The van der Waals surface area contributed by atoms with Gasteiger partial charge < -0.3 is 16.0 Å². The molecule has 1 aliphatic rings. The van der Waals surface area contributed by atoms with E-state index in [1.54, 1.807) is 6.07 Å². The standard InChI is InChI=1S/C13H18N4/c14-10-11-4-3-5-12(13(11)15)16-6-9-17-7-1-2-8-17/h3-5,16H,1-2,6-9,15H2. The number of nitrogens with one attached hydrogen (secondary N) is 1. The van der Waals surface area contributed by atoms with Gasteiger partial charge in [-0.3, -0.25) is 0 Å². The van der Waals surface area contributed by atoms with Crippen LogP contribution in [0.25, 0.3) is 0 Å². The maximum absolute atomic E-state index is 8.87. The van der Waals surface area contributed by atoms with Crippen LogP contribution < -0.4 is 11.1 Å². The summed E-state index contributed by atoms with van der Waals surface area (Å²) in [5.74, 6) is 0. The van der Waals surface area contributed by atoms with Crippen molar-refractivity contribution in [2.75, 3.05) is 37.2 Å². The Labute approximate surface area is 102 Å². The lowest BCUT2D eigenvalue weighted by Crippen LogP contribution is -2.26. The number of nitrogen functional groups attached to an aromatic ring is 1. The number of para-hydroxylation sites is 1. The molecule has 0 bridgehead atoms. The molecule has 1 aromatic carbocycles. The van der Waals surface area contributed by atoms with Crippen molar-refractivity contribution in [3.8, 4) is 6.07 Å². The van der Waals surface area contributed by atoms with Gasteiger partial charge in [0.25, 0.3) is 0 Å². The van der Waals surface area contributed by atoms with E-state index in [0.717, 1.165) is 18.8 Å². The van der Waals surface area contributed by atoms with Gasteiger partial charge in [0.05, 0.1) is 16.9 Å². The zero-order valence-corrected chi connectivity index (χ0v) is 9.95. The summed E-state index contributed by atoms with van der Waals surface area (Å²) in [4.78, 5) is 2.44. The molecule has 1 saturated heterocycles. The van der Waals surface area contributed by atoms with E-state index < -0.39 is 0 Å². The van der Waals surface area contributed by atoms with Crippen LogP contribution in [0.1, 0.15) is 18.4 Å². The molecule has 4 nitrogen and oxygen atoms in total. The number of nitrogens with zero attached hydrogens (tertiary/aromatic N) is 2. The number of nitrogens with two attached hydrogens (primary N) is 1. The Kier molecular flexibility index (Phi) is 3.84. The summed E-state index contributed by atoms with van der Waals surface area (Å²) in [5, 5.41) is 12.2. The number of benzene rings is 1. The van der Waals surface area contributed by atoms with E-state index in [-0.39, 0.29) is 0 Å². The average molecular weight is 230 g/mol. The molecule has 0 aliphatic carbocycles. The van der Waals surface area contributed by atoms with Crippen molar-refractivity contribution in [3.63, 3.8) is 0 Å². The third kappa shape index (κ3) is 2.89. The molecular formula is C13H18N4. The van der Waals surface area contributed by atoms with E-state index in [4.69, 9.17) is 11.0 Å². The Morgan fingerprint density at radius 1 is 1.35 bits per heavy atom. The molecule has 17 heavy (non-hydrogen) atoms. The first-order valence-electron chi connectivity index (χ1n) is 6.06. The van der Waals surface area contributed by atoms with E-state index in [1.807, 2.05) is 12.1 Å². The van der Waals surface area contributed by atoms with E-state index in [1.165, 1.54) is 25.9 Å². The lowest BCUT2D eigenvalue weighted by Gasteiger charge is -2.16. The molecule has 4 heteroatoms. The molecule has 1 fully saturated rings. The quantitative estimate of drug-likeness (QED) is 0.772. The second-order valence-electron chi connectivity index (χ2n) is 4.35. The van der Waals surface area contributed by atoms with Crippen molar-refractivity contribution < 1.29 is 0 Å². The third-order valence-electron chi connectivity index (χ3n) is 3.17. The summed E-state index contributed by atoms with van der Waals surface area (Å²) >= 11 is 0. The van der Waals surface area contributed by atoms with Crippen molar-refractivity contribution in [2.24, 2.45) is 0 Å². The third-order valence-corrected chi connectivity index (χ3v) is 3.17. The van der Waals surface area contributed by atoms with E-state index in [2.05, 4.69) is 16.3 Å². The Morgan fingerprint density at radius 2 is 2.12 bits per heavy atom. The summed E-state index contributed by atoms with van der Waals surface area (Å²) in [5.41, 5.74) is 7.84. The molecule has 1 aliphatic heterocycles. The van der Waals surface area contributed by atoms with Crippen LogP contribution in [0.5, 0.6) is 0 Å². The van der Waals surface area contributed by atoms with E-state index in [9.17, 15) is 0 Å². The Morgan fingerprint density at radius 3 is 2.82 bits per heavy atom. The highest BCUT2D eigenvalue weighted by Crippen LogP contribution is 2.21. The smallest absolute Gasteiger partial charge is 0.101 e. The van der Waals surface area contributed by atoms with Gasteiger partial charge in [-0.15, -0.1) is 0 Å². The van der Waals surface area contributed by atoms with Crippen molar-refractivity contribution in [3.05, 3.63) is 23.8 Å². The number of hydrogen-bond donors (Lipinski definition) is 2. The summed E-state index contributed by atoms with van der Waals surface area (Å²) in [6.45, 7) is 4.32. The zero-order chi connectivity index (χ0) is 12.1. The maximum Gasteiger partial charge on any atom is 0.101 e. The van der Waals surface area contributed by atoms with Crippen molar-refractivity contribution in [1.29, 1.82) is 5.26 Å². The van der Waals surface area contributed by atoms with Crippen LogP contribution in [-0.4, -0.2) is 31.1 Å². The fourth-order valence-electron chi connectivity index (χ4n) is 2.17. The SMILES string of the molecule is N#Cc1cccc(NCCN2CCCC2)c1N. The molecule has 1 heterocycles. The van der Waals surface area contributed by atoms with Crippen LogP contribution in [0, 0.1) is 11.3 Å². The van der Waals surface area contributed by atoms with Crippen LogP contribution in [0.2, 0.25) is 0 Å². The van der Waals surface area contributed by atoms with E-state index in [0.29, 0.717) is 11.3 Å². The van der Waals surface area contributed by atoms with Gasteiger partial charge in [-0.25, -0.2) is 0 Å². The minimum atomic E-state index is 0.538. The molecule has 1 aromatic rings. The van der Waals surface area contributed by atoms with Gasteiger partial charge in [0, 0.05) is 13.1 Å². The summed E-state index contributed by atoms with van der Waals surface area (Å²) in [6.07, 6.45) is 2.62. The molecule has 0 radical (unpaired) electrons. The molecule has 0 spiro atoms. The monoisotopic (exact) mass is 230 g/mol. The molecule has 0 aromatic heterocycles. The molecule has 0 unspecified atom stereocenters. The summed E-state index contributed by atoms with van der Waals surface area (Å²) < 4.78 is 0. The first-order valence-corrected chi connectivity index (χ1v) is 6.06. The number of likely N-dealkylation sites (tertiary alicyclic amines) is 1. The molecule has 2 rings (SSSR count). The minimum Gasteiger partial charge on any atom is -0.396 e. The van der Waals surface area contributed by atoms with Crippen molar-refractivity contribution in [2.45, 2.75) is 12.8 Å². The zero-order valence-electron chi connectivity index (χ0n) is 9.95. The number of hydrogen-bond acceptors (Lipinski definition) is 4. The molecule has 3 N–H and O–H groups in total. The van der Waals surface area contributed by atoms with Crippen LogP contribution in [0.15, 0.2) is 18.2 Å². The van der Waals surface area contributed by atoms with Crippen molar-refractivity contribution >= 4 is 11.4 Å². The fourth-order valence-corrected chi connectivity index (χ4v) is 2.17. The lowest BCUT2D eigenvalue weighted by atomic mass is 10.1. The van der Waals surface area contributed by atoms with Gasteiger partial charge in [-0.2, -0.15) is 5.26 Å². The first-order chi connectivity index (χ1) is 8.31. The number of anilines is 2. The molecule has 0 saturated carbocycles. The number of rotatable bonds is 4. The van der Waals surface area contributed by atoms with Crippen molar-refractivity contribution in [1.82, 2.24) is 4.90 Å². The van der Waals surface area contributed by atoms with Gasteiger partial charge in [0.1, 0.15) is 6.07 Å². The summed E-state index contributed by atoms with van der Waals surface area (Å²) in [7, 11) is 0. The Bertz CT molecular complexity index is 416. The highest BCUT2D eigenvalue weighted by Gasteiger charge is 2.10. The second kappa shape index (κ2) is 5.55. The number of nitriles is 1. The second-order valence-corrected chi connectivity index (χ2v) is 4.35. The molecular weight excluding hydrogens is 212 g/mol. The minimum absolute atomic E-state index is 0.538. The maximum atomic E-state index is 8.87. The Hall–Kier alpha value is -1.73. The molecule has 0 amide bonds. The van der Waals surface area contributed by atoms with Gasteiger partial charge >= 0.3 is 0 Å². The summed E-state index contributed by atoms with van der Waals surface area (Å²) in [6, 6.07) is 7.60. The van der Waals surface area contributed by atoms with Gasteiger partial charge in [0.2, 0.25) is 0 Å². The highest BCUT2D eigenvalue weighted by atomic mass is 15.1. The topological polar surface area (TPSA) is 65.1 Å². The lowest BCUT2D eigenvalue weighted by molar-refractivity contribution is 0.353. The molecule has 0 atom stereocenters. The predicted octanol–water partition coefficient (Wildman–Crippen LogP) is 1.65. The van der Waals surface area contributed by atoms with Gasteiger partial charge in [-0.05, 0) is 38.1 Å². The van der Waals surface area contributed by atoms with E-state index >= 15 is 0 Å². The van der Waals surface area contributed by atoms with Gasteiger partial charge in [-0.1, -0.05) is 6.07 Å². The fraction of sp³-hybridized carbons (Fsp3) is 0.462. The van der Waals surface area contributed by atoms with Crippen LogP contribution in [0.4, 0.5) is 11.4 Å². The first kappa shape index (κ1) is 11.7. The van der Waals surface area contributed by atoms with Gasteiger partial charge in [0.15, 0.2) is 0 Å².